The van der Waals surface area contributed by atoms with Gasteiger partial charge in [-0.1, -0.05) is 34.6 Å². The van der Waals surface area contributed by atoms with Crippen molar-refractivity contribution in [2.24, 2.45) is 57.2 Å². The Kier molecular flexibility index (Phi) is 9.33. The van der Waals surface area contributed by atoms with E-state index in [1.807, 2.05) is 0 Å². The van der Waals surface area contributed by atoms with E-state index in [0.29, 0.717) is 35.1 Å². The second-order valence-corrected chi connectivity index (χ2v) is 21.7. The van der Waals surface area contributed by atoms with E-state index in [2.05, 4.69) is 64.6 Å². The molecule has 4 aliphatic carbocycles. The number of aliphatic carboxylic acids is 1. The van der Waals surface area contributed by atoms with E-state index in [-0.39, 0.29) is 10.8 Å². The Morgan fingerprint density at radius 1 is 0.894 bits per heavy atom. The van der Waals surface area contributed by atoms with Crippen LogP contribution in [0.2, 0.25) is 0 Å². The number of likely N-dealkylation sites (tertiary alicyclic amines) is 1. The lowest BCUT2D eigenvalue weighted by Gasteiger charge is -2.73. The summed E-state index contributed by atoms with van der Waals surface area (Å²) in [5.74, 6) is 7.35. The van der Waals surface area contributed by atoms with Crippen LogP contribution in [0.3, 0.4) is 0 Å². The fraction of sp³-hybridized carbons (Fsp3) is 0.923. The van der Waals surface area contributed by atoms with Gasteiger partial charge in [0.15, 0.2) is 0 Å². The number of fused-ring (bicyclic) bond motifs is 7. The predicted molar refractivity (Wildman–Crippen MR) is 193 cm³/mol. The van der Waals surface area contributed by atoms with E-state index in [1.165, 1.54) is 44.9 Å². The van der Waals surface area contributed by atoms with Crippen molar-refractivity contribution in [1.82, 2.24) is 15.1 Å². The molecule has 6 fully saturated rings. The van der Waals surface area contributed by atoms with Gasteiger partial charge in [-0.05, 0) is 164 Å². The van der Waals surface area contributed by atoms with Crippen LogP contribution in [0.5, 0.6) is 0 Å². The van der Waals surface area contributed by atoms with Crippen molar-refractivity contribution in [1.29, 1.82) is 0 Å². The monoisotopic (exact) mass is 673 g/mol. The first-order chi connectivity index (χ1) is 21.9. The van der Waals surface area contributed by atoms with Gasteiger partial charge in [-0.3, -0.25) is 9.00 Å². The molecular formula is C39H67N3O4S. The molecule has 0 bridgehead atoms. The lowest BCUT2D eigenvalue weighted by Crippen LogP contribution is -2.70. The normalized spacial score (nSPS) is 44.3. The standard InChI is InChI=1S/C39H67N3O4S/c1-27(2)28-12-15-39(26-40-19-9-20-41-22-24-47(8,46)25-23-41)17-16-37(6)29(32(28)39)10-11-31-36(5)18-21-42(33(43)34(44)45)35(3,4)30(36)13-14-38(31,37)7/h27-32,40H,8-26H2,1-7H3,(H,44,45)/t28-,29?,30-,31+,32+,36-,37+,38+,39+/m0/s1. The Labute approximate surface area is 286 Å². The molecule has 1 unspecified atom stereocenters. The van der Waals surface area contributed by atoms with Crippen molar-refractivity contribution >= 4 is 27.3 Å². The van der Waals surface area contributed by atoms with Crippen molar-refractivity contribution in [3.8, 4) is 0 Å². The Hall–Kier alpha value is -1.12. The number of nitrogens with one attached hydrogen (secondary N) is 1. The number of nitrogens with zero attached hydrogens (tertiary/aromatic N) is 2. The highest BCUT2D eigenvalue weighted by atomic mass is 32.2. The summed E-state index contributed by atoms with van der Waals surface area (Å²) in [7, 11) is -1.83. The smallest absolute Gasteiger partial charge is 0.394 e. The average Bonchev–Trinajstić information content (AvgIpc) is 3.37. The fourth-order valence-corrected chi connectivity index (χ4v) is 15.2. The molecule has 6 rings (SSSR count). The maximum atomic E-state index is 12.8. The number of piperidine rings is 1. The van der Waals surface area contributed by atoms with E-state index in [1.54, 1.807) is 4.90 Å². The van der Waals surface area contributed by atoms with Crippen molar-refractivity contribution in [3.05, 3.63) is 0 Å². The summed E-state index contributed by atoms with van der Waals surface area (Å²) in [5, 5.41) is 13.6. The van der Waals surface area contributed by atoms with Crippen LogP contribution in [0.15, 0.2) is 0 Å². The molecule has 9 atom stereocenters. The van der Waals surface area contributed by atoms with Crippen LogP contribution in [-0.4, -0.2) is 93.2 Å². The summed E-state index contributed by atoms with van der Waals surface area (Å²) >= 11 is 0. The molecular weight excluding hydrogens is 607 g/mol. The van der Waals surface area contributed by atoms with E-state index in [9.17, 15) is 18.9 Å². The van der Waals surface area contributed by atoms with Gasteiger partial charge >= 0.3 is 11.9 Å². The Bertz CT molecular complexity index is 1320. The van der Waals surface area contributed by atoms with Gasteiger partial charge in [0.25, 0.3) is 0 Å². The second kappa shape index (κ2) is 12.3. The first-order valence-corrected chi connectivity index (χ1v) is 21.3. The lowest BCUT2D eigenvalue weighted by atomic mass is 9.33. The summed E-state index contributed by atoms with van der Waals surface area (Å²) < 4.78 is 12.3. The number of carboxylic acids is 1. The fourth-order valence-electron chi connectivity index (χ4n) is 13.8. The molecule has 0 aromatic carbocycles. The maximum absolute atomic E-state index is 12.8. The molecule has 8 heteroatoms. The zero-order valence-electron chi connectivity index (χ0n) is 30.9. The first kappa shape index (κ1) is 35.7. The molecule has 6 aliphatic rings. The van der Waals surface area contributed by atoms with Crippen LogP contribution in [0, 0.1) is 57.2 Å². The summed E-state index contributed by atoms with van der Waals surface area (Å²) in [6.07, 6.45) is 12.3. The minimum Gasteiger partial charge on any atom is -0.474 e. The number of carbonyl (C=O) groups excluding carboxylic acids is 1. The average molecular weight is 674 g/mol. The molecule has 1 amide bonds. The molecule has 268 valence electrons. The van der Waals surface area contributed by atoms with E-state index < -0.39 is 26.9 Å². The molecule has 2 N–H and O–H groups in total. The third kappa shape index (κ3) is 5.65. The van der Waals surface area contributed by atoms with E-state index in [0.717, 1.165) is 81.2 Å². The summed E-state index contributed by atoms with van der Waals surface area (Å²) in [5.41, 5.74) is 0.618. The summed E-state index contributed by atoms with van der Waals surface area (Å²) in [4.78, 5) is 28.8. The van der Waals surface area contributed by atoms with Gasteiger partial charge in [0.1, 0.15) is 0 Å². The van der Waals surface area contributed by atoms with Gasteiger partial charge in [0.05, 0.1) is 0 Å². The van der Waals surface area contributed by atoms with Crippen molar-refractivity contribution in [2.75, 3.05) is 50.8 Å². The van der Waals surface area contributed by atoms with E-state index in [4.69, 9.17) is 0 Å². The zero-order valence-corrected chi connectivity index (χ0v) is 31.7. The van der Waals surface area contributed by atoms with Crippen molar-refractivity contribution < 1.29 is 18.9 Å². The number of hydrogen-bond acceptors (Lipinski definition) is 5. The van der Waals surface area contributed by atoms with Crippen molar-refractivity contribution in [2.45, 2.75) is 118 Å². The minimum atomic E-state index is -1.83. The highest BCUT2D eigenvalue weighted by Gasteiger charge is 2.71. The highest BCUT2D eigenvalue weighted by molar-refractivity contribution is 8.00. The zero-order chi connectivity index (χ0) is 34.2. The van der Waals surface area contributed by atoms with Crippen LogP contribution in [0.1, 0.15) is 113 Å². The van der Waals surface area contributed by atoms with Gasteiger partial charge in [-0.2, -0.15) is 0 Å². The van der Waals surface area contributed by atoms with Crippen LogP contribution in [0.4, 0.5) is 0 Å². The highest BCUT2D eigenvalue weighted by Crippen LogP contribution is 2.76. The number of rotatable bonds is 7. The third-order valence-electron chi connectivity index (χ3n) is 16.5. The third-order valence-corrected chi connectivity index (χ3v) is 18.3. The largest absolute Gasteiger partial charge is 0.474 e. The molecule has 0 spiro atoms. The van der Waals surface area contributed by atoms with Gasteiger partial charge in [-0.25, -0.2) is 4.79 Å². The minimum absolute atomic E-state index is 0.113. The maximum Gasteiger partial charge on any atom is 0.394 e. The number of hydrogen-bond donors (Lipinski definition) is 2. The second-order valence-electron chi connectivity index (χ2n) is 18.9. The number of amides is 1. The van der Waals surface area contributed by atoms with Gasteiger partial charge in [0.2, 0.25) is 0 Å². The molecule has 0 radical (unpaired) electrons. The predicted octanol–water partition coefficient (Wildman–Crippen LogP) is 6.01. The van der Waals surface area contributed by atoms with Crippen LogP contribution in [-0.2, 0) is 19.1 Å². The summed E-state index contributed by atoms with van der Waals surface area (Å²) in [6, 6.07) is 0. The number of carboxylic acid groups (broad SMARTS) is 1. The Morgan fingerprint density at radius 3 is 2.26 bits per heavy atom. The lowest BCUT2D eigenvalue weighted by molar-refractivity contribution is -0.242. The number of carbonyl (C=O) groups is 2. The topological polar surface area (TPSA) is 90.0 Å². The molecule has 2 aliphatic heterocycles. The molecule has 4 saturated carbocycles. The van der Waals surface area contributed by atoms with Crippen molar-refractivity contribution in [3.63, 3.8) is 0 Å². The molecule has 2 heterocycles. The molecule has 0 aromatic heterocycles. The van der Waals surface area contributed by atoms with Crippen LogP contribution < -0.4 is 5.32 Å². The Morgan fingerprint density at radius 2 is 1.60 bits per heavy atom. The van der Waals surface area contributed by atoms with Crippen LogP contribution in [0.25, 0.3) is 0 Å². The van der Waals surface area contributed by atoms with Gasteiger partial charge in [0, 0.05) is 43.2 Å². The molecule has 7 nitrogen and oxygen atoms in total. The van der Waals surface area contributed by atoms with E-state index >= 15 is 0 Å². The Balaban J connectivity index is 1.19. The molecule has 0 aromatic rings. The van der Waals surface area contributed by atoms with Gasteiger partial charge in [-0.15, -0.1) is 0 Å². The molecule has 2 saturated heterocycles. The summed E-state index contributed by atoms with van der Waals surface area (Å²) in [6.45, 7) is 22.9. The first-order valence-electron chi connectivity index (χ1n) is 19.2. The van der Waals surface area contributed by atoms with Gasteiger partial charge < -0.3 is 20.2 Å². The van der Waals surface area contributed by atoms with Crippen LogP contribution >= 0.6 is 0 Å². The molecule has 47 heavy (non-hydrogen) atoms. The SMILES string of the molecule is C=S1(=O)CCN(CCCNC[C@]23CC[C@@H](C(C)C)[C@@H]2C2CC[C@@H]4[C@@]5(C)CCN(C(=O)C(=O)O)C(C)(C)[C@@H]5CC[C@@]4(C)[C@]2(C)CC3)CC1. The quantitative estimate of drug-likeness (QED) is 0.196.